The molecule has 19 heavy (non-hydrogen) atoms. The van der Waals surface area contributed by atoms with Crippen LogP contribution in [0.1, 0.15) is 25.3 Å². The van der Waals surface area contributed by atoms with Gasteiger partial charge in [-0.05, 0) is 39.5 Å². The van der Waals surface area contributed by atoms with Gasteiger partial charge in [0.15, 0.2) is 0 Å². The number of nitrogens with one attached hydrogen (secondary N) is 1. The van der Waals surface area contributed by atoms with E-state index in [9.17, 15) is 0 Å². The largest absolute Gasteiger partial charge is 0.382 e. The highest BCUT2D eigenvalue weighted by molar-refractivity contribution is 9.10. The van der Waals surface area contributed by atoms with Crippen LogP contribution in [0.4, 0.5) is 5.69 Å². The van der Waals surface area contributed by atoms with Gasteiger partial charge in [0.1, 0.15) is 4.60 Å². The van der Waals surface area contributed by atoms with Gasteiger partial charge in [0.05, 0.1) is 5.69 Å². The SMILES string of the molecule is CC(C)C(CNc1cccnc1Br)c1ccccc1. The Labute approximate surface area is 123 Å². The summed E-state index contributed by atoms with van der Waals surface area (Å²) < 4.78 is 0.866. The van der Waals surface area contributed by atoms with Gasteiger partial charge in [0.25, 0.3) is 0 Å². The van der Waals surface area contributed by atoms with Crippen molar-refractivity contribution in [3.63, 3.8) is 0 Å². The van der Waals surface area contributed by atoms with Gasteiger partial charge in [0.2, 0.25) is 0 Å². The van der Waals surface area contributed by atoms with Gasteiger partial charge in [-0.1, -0.05) is 44.2 Å². The third-order valence-corrected chi connectivity index (χ3v) is 3.94. The van der Waals surface area contributed by atoms with E-state index in [1.807, 2.05) is 12.1 Å². The van der Waals surface area contributed by atoms with E-state index in [4.69, 9.17) is 0 Å². The molecule has 2 aromatic rings. The number of halogens is 1. The highest BCUT2D eigenvalue weighted by atomic mass is 79.9. The van der Waals surface area contributed by atoms with Crippen molar-refractivity contribution >= 4 is 21.6 Å². The zero-order chi connectivity index (χ0) is 13.7. The standard InChI is InChI=1S/C16H19BrN2/c1-12(2)14(13-7-4-3-5-8-13)11-19-15-9-6-10-18-16(15)17/h3-10,12,14,19H,11H2,1-2H3. The summed E-state index contributed by atoms with van der Waals surface area (Å²) >= 11 is 3.47. The van der Waals surface area contributed by atoms with Gasteiger partial charge in [-0.2, -0.15) is 0 Å². The van der Waals surface area contributed by atoms with Crippen LogP contribution in [0, 0.1) is 5.92 Å². The third kappa shape index (κ3) is 3.80. The Morgan fingerprint density at radius 2 is 1.84 bits per heavy atom. The first-order valence-electron chi connectivity index (χ1n) is 6.58. The molecule has 0 amide bonds. The summed E-state index contributed by atoms with van der Waals surface area (Å²) in [4.78, 5) is 4.23. The van der Waals surface area contributed by atoms with Crippen LogP contribution in [-0.4, -0.2) is 11.5 Å². The molecule has 0 spiro atoms. The van der Waals surface area contributed by atoms with Gasteiger partial charge < -0.3 is 5.32 Å². The van der Waals surface area contributed by atoms with Crippen molar-refractivity contribution in [3.05, 3.63) is 58.8 Å². The van der Waals surface area contributed by atoms with Crippen LogP contribution in [0.25, 0.3) is 0 Å². The smallest absolute Gasteiger partial charge is 0.129 e. The van der Waals surface area contributed by atoms with Crippen molar-refractivity contribution < 1.29 is 0 Å². The van der Waals surface area contributed by atoms with Gasteiger partial charge in [-0.3, -0.25) is 0 Å². The quantitative estimate of drug-likeness (QED) is 0.808. The monoisotopic (exact) mass is 318 g/mol. The van der Waals surface area contributed by atoms with Gasteiger partial charge in [-0.25, -0.2) is 4.98 Å². The lowest BCUT2D eigenvalue weighted by Gasteiger charge is -2.22. The second-order valence-corrected chi connectivity index (χ2v) is 5.74. The van der Waals surface area contributed by atoms with E-state index in [2.05, 4.69) is 70.4 Å². The first kappa shape index (κ1) is 14.1. The zero-order valence-corrected chi connectivity index (χ0v) is 12.9. The Hall–Kier alpha value is -1.35. The molecule has 0 saturated heterocycles. The van der Waals surface area contributed by atoms with Gasteiger partial charge in [-0.15, -0.1) is 0 Å². The summed E-state index contributed by atoms with van der Waals surface area (Å²) in [5, 5.41) is 3.48. The molecule has 1 unspecified atom stereocenters. The van der Waals surface area contributed by atoms with Crippen molar-refractivity contribution in [2.24, 2.45) is 5.92 Å². The molecule has 0 radical (unpaired) electrons. The molecule has 1 heterocycles. The maximum absolute atomic E-state index is 4.23. The topological polar surface area (TPSA) is 24.9 Å². The molecule has 1 aromatic heterocycles. The van der Waals surface area contributed by atoms with E-state index in [1.165, 1.54) is 5.56 Å². The summed E-state index contributed by atoms with van der Waals surface area (Å²) in [6.07, 6.45) is 1.78. The second-order valence-electron chi connectivity index (χ2n) is 4.98. The van der Waals surface area contributed by atoms with Crippen LogP contribution in [0.15, 0.2) is 53.3 Å². The molecule has 0 aliphatic heterocycles. The van der Waals surface area contributed by atoms with Crippen molar-refractivity contribution in [2.45, 2.75) is 19.8 Å². The van der Waals surface area contributed by atoms with Gasteiger partial charge in [0, 0.05) is 18.7 Å². The fourth-order valence-electron chi connectivity index (χ4n) is 2.18. The maximum atomic E-state index is 4.23. The molecule has 1 atom stereocenters. The summed E-state index contributed by atoms with van der Waals surface area (Å²) in [6, 6.07) is 14.6. The molecule has 2 rings (SSSR count). The lowest BCUT2D eigenvalue weighted by molar-refractivity contribution is 0.517. The number of anilines is 1. The number of hydrogen-bond acceptors (Lipinski definition) is 2. The van der Waals surface area contributed by atoms with Crippen LogP contribution in [-0.2, 0) is 0 Å². The number of nitrogens with zero attached hydrogens (tertiary/aromatic N) is 1. The minimum atomic E-state index is 0.494. The Bertz CT molecular complexity index is 511. The van der Waals surface area contributed by atoms with E-state index in [0.29, 0.717) is 11.8 Å². The lowest BCUT2D eigenvalue weighted by atomic mass is 9.88. The van der Waals surface area contributed by atoms with Crippen molar-refractivity contribution in [1.82, 2.24) is 4.98 Å². The normalized spacial score (nSPS) is 12.4. The molecule has 3 heteroatoms. The Kier molecular flexibility index (Phi) is 4.97. The van der Waals surface area contributed by atoms with E-state index in [-0.39, 0.29) is 0 Å². The molecule has 0 aliphatic carbocycles. The number of aromatic nitrogens is 1. The predicted molar refractivity (Wildman–Crippen MR) is 84.4 cm³/mol. The molecule has 0 fully saturated rings. The number of hydrogen-bond donors (Lipinski definition) is 1. The zero-order valence-electron chi connectivity index (χ0n) is 11.3. The maximum Gasteiger partial charge on any atom is 0.129 e. The Morgan fingerprint density at radius 3 is 2.47 bits per heavy atom. The first-order valence-corrected chi connectivity index (χ1v) is 7.37. The predicted octanol–water partition coefficient (Wildman–Crippen LogP) is 4.70. The van der Waals surface area contributed by atoms with E-state index < -0.39 is 0 Å². The molecular formula is C16H19BrN2. The average molecular weight is 319 g/mol. The fourth-order valence-corrected chi connectivity index (χ4v) is 2.57. The summed E-state index contributed by atoms with van der Waals surface area (Å²) in [6.45, 7) is 5.43. The molecule has 0 saturated carbocycles. The molecule has 2 nitrogen and oxygen atoms in total. The van der Waals surface area contributed by atoms with Crippen molar-refractivity contribution in [3.8, 4) is 0 Å². The molecular weight excluding hydrogens is 300 g/mol. The minimum Gasteiger partial charge on any atom is -0.382 e. The highest BCUT2D eigenvalue weighted by Crippen LogP contribution is 2.26. The molecule has 1 aromatic carbocycles. The molecule has 100 valence electrons. The number of benzene rings is 1. The summed E-state index contributed by atoms with van der Waals surface area (Å²) in [5.74, 6) is 1.08. The third-order valence-electron chi connectivity index (χ3n) is 3.30. The van der Waals surface area contributed by atoms with Crippen molar-refractivity contribution in [1.29, 1.82) is 0 Å². The average Bonchev–Trinajstić information content (AvgIpc) is 2.42. The van der Waals surface area contributed by atoms with E-state index >= 15 is 0 Å². The van der Waals surface area contributed by atoms with Crippen LogP contribution in [0.2, 0.25) is 0 Å². The lowest BCUT2D eigenvalue weighted by Crippen LogP contribution is -2.18. The van der Waals surface area contributed by atoms with Crippen LogP contribution < -0.4 is 5.32 Å². The molecule has 0 bridgehead atoms. The molecule has 1 N–H and O–H groups in total. The van der Waals surface area contributed by atoms with E-state index in [1.54, 1.807) is 6.20 Å². The van der Waals surface area contributed by atoms with E-state index in [0.717, 1.165) is 16.8 Å². The second kappa shape index (κ2) is 6.71. The number of rotatable bonds is 5. The van der Waals surface area contributed by atoms with Crippen LogP contribution in [0.3, 0.4) is 0 Å². The molecule has 0 aliphatic rings. The van der Waals surface area contributed by atoms with Crippen LogP contribution >= 0.6 is 15.9 Å². The Balaban J connectivity index is 2.09. The van der Waals surface area contributed by atoms with Crippen LogP contribution in [0.5, 0.6) is 0 Å². The summed E-state index contributed by atoms with van der Waals surface area (Å²) in [5.41, 5.74) is 2.43. The fraction of sp³-hybridized carbons (Fsp3) is 0.312. The number of pyridine rings is 1. The highest BCUT2D eigenvalue weighted by Gasteiger charge is 2.15. The minimum absolute atomic E-state index is 0.494. The van der Waals surface area contributed by atoms with Gasteiger partial charge >= 0.3 is 0 Å². The Morgan fingerprint density at radius 1 is 1.11 bits per heavy atom. The first-order chi connectivity index (χ1) is 9.18. The summed E-state index contributed by atoms with van der Waals surface area (Å²) in [7, 11) is 0. The van der Waals surface area contributed by atoms with Crippen molar-refractivity contribution in [2.75, 3.05) is 11.9 Å².